The fourth-order valence-electron chi connectivity index (χ4n) is 4.28. The van der Waals surface area contributed by atoms with Crippen LogP contribution in [0, 0.1) is 0 Å². The van der Waals surface area contributed by atoms with Crippen LogP contribution in [0.3, 0.4) is 0 Å². The number of ether oxygens (including phenoxy) is 1. The van der Waals surface area contributed by atoms with E-state index in [1.807, 2.05) is 91.0 Å². The molecule has 3 atom stereocenters. The van der Waals surface area contributed by atoms with Gasteiger partial charge in [-0.2, -0.15) is 0 Å². The van der Waals surface area contributed by atoms with Crippen LogP contribution in [0.25, 0.3) is 0 Å². The van der Waals surface area contributed by atoms with Gasteiger partial charge in [0.15, 0.2) is 6.10 Å². The van der Waals surface area contributed by atoms with E-state index in [1.165, 1.54) is 0 Å². The zero-order valence-electron chi connectivity index (χ0n) is 17.4. The van der Waals surface area contributed by atoms with E-state index in [-0.39, 0.29) is 13.0 Å². The molecule has 0 aliphatic carbocycles. The Labute approximate surface area is 183 Å². The number of rotatable bonds is 7. The Kier molecular flexibility index (Phi) is 6.52. The van der Waals surface area contributed by atoms with E-state index in [1.54, 1.807) is 0 Å². The molecule has 1 aliphatic rings. The van der Waals surface area contributed by atoms with Crippen molar-refractivity contribution < 1.29 is 20.1 Å². The number of benzene rings is 3. The van der Waals surface area contributed by atoms with Crippen LogP contribution in [0.4, 0.5) is 0 Å². The average Bonchev–Trinajstić information content (AvgIpc) is 2.81. The lowest BCUT2D eigenvalue weighted by Gasteiger charge is -2.44. The summed E-state index contributed by atoms with van der Waals surface area (Å²) in [6.07, 6.45) is -0.997. The van der Waals surface area contributed by atoms with Crippen LogP contribution >= 0.6 is 0 Å². The van der Waals surface area contributed by atoms with Gasteiger partial charge in [-0.3, -0.25) is 0 Å². The molecule has 1 aliphatic heterocycles. The highest BCUT2D eigenvalue weighted by Gasteiger charge is 2.49. The summed E-state index contributed by atoms with van der Waals surface area (Å²) in [6.45, 7) is -0.380. The molecule has 3 aromatic rings. The second-order valence-electron chi connectivity index (χ2n) is 8.10. The zero-order chi connectivity index (χ0) is 21.7. The number of hydrogen-bond donors (Lipinski definition) is 3. The topological polar surface area (TPSA) is 69.9 Å². The number of aliphatic hydroxyl groups excluding tert-OH is 2. The molecule has 4 heteroatoms. The minimum atomic E-state index is -1.56. The summed E-state index contributed by atoms with van der Waals surface area (Å²) in [5.74, 6) is 0.609. The van der Waals surface area contributed by atoms with Gasteiger partial charge in [0.25, 0.3) is 0 Å². The smallest absolute Gasteiger partial charge is 0.150 e. The van der Waals surface area contributed by atoms with Gasteiger partial charge in [-0.05, 0) is 23.1 Å². The lowest BCUT2D eigenvalue weighted by molar-refractivity contribution is -0.146. The SMILES string of the molecule is OC[C@H]1OC(Cc2ccccc2)=C(Cc2ccccc2)[C@](O)(Cc2ccccc2)[C@@H]1O. The maximum Gasteiger partial charge on any atom is 0.150 e. The van der Waals surface area contributed by atoms with Crippen LogP contribution in [0.15, 0.2) is 102 Å². The number of hydrogen-bond acceptors (Lipinski definition) is 4. The third-order valence-corrected chi connectivity index (χ3v) is 5.92. The first-order chi connectivity index (χ1) is 15.1. The number of aliphatic hydroxyl groups is 3. The van der Waals surface area contributed by atoms with Crippen molar-refractivity contribution in [1.82, 2.24) is 0 Å². The Bertz CT molecular complexity index is 1000. The largest absolute Gasteiger partial charge is 0.489 e. The van der Waals surface area contributed by atoms with E-state index < -0.39 is 17.8 Å². The van der Waals surface area contributed by atoms with Crippen molar-refractivity contribution in [2.45, 2.75) is 37.1 Å². The molecule has 0 bridgehead atoms. The molecule has 31 heavy (non-hydrogen) atoms. The molecule has 0 saturated carbocycles. The Morgan fingerprint density at radius 3 is 1.71 bits per heavy atom. The lowest BCUT2D eigenvalue weighted by Crippen LogP contribution is -2.57. The molecule has 4 nitrogen and oxygen atoms in total. The molecule has 0 unspecified atom stereocenters. The van der Waals surface area contributed by atoms with Crippen LogP contribution in [-0.2, 0) is 24.0 Å². The highest BCUT2D eigenvalue weighted by atomic mass is 16.5. The highest BCUT2D eigenvalue weighted by molar-refractivity contribution is 5.38. The van der Waals surface area contributed by atoms with E-state index >= 15 is 0 Å². The van der Waals surface area contributed by atoms with Crippen LogP contribution in [-0.4, -0.2) is 39.7 Å². The first-order valence-corrected chi connectivity index (χ1v) is 10.6. The van der Waals surface area contributed by atoms with Gasteiger partial charge >= 0.3 is 0 Å². The predicted octanol–water partition coefficient (Wildman–Crippen LogP) is 3.45. The van der Waals surface area contributed by atoms with Crippen LogP contribution in [0.2, 0.25) is 0 Å². The Morgan fingerprint density at radius 2 is 1.19 bits per heavy atom. The molecule has 0 fully saturated rings. The second-order valence-corrected chi connectivity index (χ2v) is 8.10. The Hall–Kier alpha value is -2.92. The molecule has 3 aromatic carbocycles. The summed E-state index contributed by atoms with van der Waals surface area (Å²) in [7, 11) is 0. The van der Waals surface area contributed by atoms with E-state index in [4.69, 9.17) is 4.74 Å². The molecule has 0 radical (unpaired) electrons. The van der Waals surface area contributed by atoms with Crippen molar-refractivity contribution in [1.29, 1.82) is 0 Å². The van der Waals surface area contributed by atoms with Crippen molar-refractivity contribution in [2.75, 3.05) is 6.61 Å². The summed E-state index contributed by atoms with van der Waals surface area (Å²) in [6, 6.07) is 29.4. The highest BCUT2D eigenvalue weighted by Crippen LogP contribution is 2.39. The molecule has 0 aromatic heterocycles. The Balaban J connectivity index is 1.81. The van der Waals surface area contributed by atoms with Gasteiger partial charge in [0, 0.05) is 18.4 Å². The molecular weight excluding hydrogens is 388 g/mol. The van der Waals surface area contributed by atoms with Gasteiger partial charge in [0.2, 0.25) is 0 Å². The van der Waals surface area contributed by atoms with Crippen molar-refractivity contribution in [2.24, 2.45) is 0 Å². The van der Waals surface area contributed by atoms with Gasteiger partial charge in [0.1, 0.15) is 17.5 Å². The summed E-state index contributed by atoms with van der Waals surface area (Å²) in [5.41, 5.74) is 2.06. The maximum absolute atomic E-state index is 12.0. The summed E-state index contributed by atoms with van der Waals surface area (Å²) < 4.78 is 6.09. The van der Waals surface area contributed by atoms with Crippen LogP contribution in [0.1, 0.15) is 16.7 Å². The summed E-state index contributed by atoms with van der Waals surface area (Å²) >= 11 is 0. The van der Waals surface area contributed by atoms with Gasteiger partial charge in [-0.25, -0.2) is 0 Å². The fraction of sp³-hybridized carbons (Fsp3) is 0.259. The standard InChI is InChI=1S/C27H28O4/c28-19-25-26(29)27(30,18-22-14-8-3-9-15-22)23(16-20-10-4-1-5-11-20)24(31-25)17-21-12-6-2-7-13-21/h1-15,25-26,28-30H,16-19H2/t25-,26-,27-/m1/s1. The van der Waals surface area contributed by atoms with Crippen LogP contribution in [0.5, 0.6) is 0 Å². The molecular formula is C27H28O4. The quantitative estimate of drug-likeness (QED) is 0.552. The minimum absolute atomic E-state index is 0.231. The molecule has 160 valence electrons. The number of allylic oxidation sites excluding steroid dienone is 1. The van der Waals surface area contributed by atoms with Gasteiger partial charge in [-0.1, -0.05) is 91.0 Å². The molecule has 1 heterocycles. The van der Waals surface area contributed by atoms with E-state index in [2.05, 4.69) is 0 Å². The lowest BCUT2D eigenvalue weighted by atomic mass is 9.75. The second kappa shape index (κ2) is 9.48. The van der Waals surface area contributed by atoms with Crippen molar-refractivity contribution in [3.63, 3.8) is 0 Å². The van der Waals surface area contributed by atoms with Gasteiger partial charge in [0.05, 0.1) is 6.61 Å². The third-order valence-electron chi connectivity index (χ3n) is 5.92. The molecule has 0 saturated heterocycles. The van der Waals surface area contributed by atoms with Crippen molar-refractivity contribution in [3.8, 4) is 0 Å². The van der Waals surface area contributed by atoms with Crippen LogP contribution < -0.4 is 0 Å². The maximum atomic E-state index is 12.0. The predicted molar refractivity (Wildman–Crippen MR) is 120 cm³/mol. The molecule has 0 amide bonds. The average molecular weight is 417 g/mol. The van der Waals surface area contributed by atoms with E-state index in [0.717, 1.165) is 16.7 Å². The monoisotopic (exact) mass is 416 g/mol. The third kappa shape index (κ3) is 4.72. The van der Waals surface area contributed by atoms with Gasteiger partial charge < -0.3 is 20.1 Å². The zero-order valence-corrected chi connectivity index (χ0v) is 17.4. The van der Waals surface area contributed by atoms with Crippen molar-refractivity contribution in [3.05, 3.63) is 119 Å². The molecule has 0 spiro atoms. The first-order valence-electron chi connectivity index (χ1n) is 10.6. The normalized spacial score (nSPS) is 23.5. The Morgan fingerprint density at radius 1 is 0.710 bits per heavy atom. The molecule has 3 N–H and O–H groups in total. The summed E-state index contributed by atoms with van der Waals surface area (Å²) in [5, 5.41) is 33.0. The fourth-order valence-corrected chi connectivity index (χ4v) is 4.28. The first kappa shape index (κ1) is 21.3. The van der Waals surface area contributed by atoms with E-state index in [9.17, 15) is 15.3 Å². The van der Waals surface area contributed by atoms with E-state index in [0.29, 0.717) is 24.2 Å². The summed E-state index contributed by atoms with van der Waals surface area (Å²) in [4.78, 5) is 0. The minimum Gasteiger partial charge on any atom is -0.489 e. The van der Waals surface area contributed by atoms with Gasteiger partial charge in [-0.15, -0.1) is 0 Å². The van der Waals surface area contributed by atoms with Crippen molar-refractivity contribution >= 4 is 0 Å². The molecule has 4 rings (SSSR count).